The molecule has 0 aliphatic carbocycles. The van der Waals surface area contributed by atoms with Gasteiger partial charge in [-0.3, -0.25) is 9.59 Å². The van der Waals surface area contributed by atoms with E-state index in [4.69, 9.17) is 5.11 Å². The van der Waals surface area contributed by atoms with E-state index in [1.165, 1.54) is 32.0 Å². The van der Waals surface area contributed by atoms with Gasteiger partial charge in [-0.2, -0.15) is 0 Å². The molecule has 0 bridgehead atoms. The van der Waals surface area contributed by atoms with E-state index in [9.17, 15) is 14.4 Å². The summed E-state index contributed by atoms with van der Waals surface area (Å²) in [7, 11) is 0. The number of hydrogen-bond donors (Lipinski definition) is 3. The second-order valence-electron chi connectivity index (χ2n) is 3.47. The van der Waals surface area contributed by atoms with E-state index >= 15 is 0 Å². The molecule has 1 rings (SSSR count). The third kappa shape index (κ3) is 3.94. The molecule has 0 spiro atoms. The lowest BCUT2D eigenvalue weighted by Crippen LogP contribution is -2.10. The van der Waals surface area contributed by atoms with E-state index in [-0.39, 0.29) is 17.4 Å². The van der Waals surface area contributed by atoms with Crippen molar-refractivity contribution in [2.24, 2.45) is 0 Å². The summed E-state index contributed by atoms with van der Waals surface area (Å²) in [5.41, 5.74) is 0.627. The Kier molecular flexibility index (Phi) is 3.82. The Morgan fingerprint density at radius 1 is 0.941 bits per heavy atom. The first-order chi connectivity index (χ1) is 7.88. The molecular formula is C11H12N2O4. The largest absolute Gasteiger partial charge is 0.478 e. The molecule has 0 fully saturated rings. The van der Waals surface area contributed by atoms with Crippen LogP contribution in [0.2, 0.25) is 0 Å². The number of carboxylic acids is 1. The first-order valence-corrected chi connectivity index (χ1v) is 4.82. The normalized spacial score (nSPS) is 9.53. The average Bonchev–Trinajstić information content (AvgIpc) is 2.14. The van der Waals surface area contributed by atoms with Crippen LogP contribution in [0, 0.1) is 0 Å². The van der Waals surface area contributed by atoms with E-state index in [2.05, 4.69) is 10.6 Å². The van der Waals surface area contributed by atoms with Gasteiger partial charge >= 0.3 is 5.97 Å². The molecule has 17 heavy (non-hydrogen) atoms. The molecule has 6 heteroatoms. The molecule has 0 saturated heterocycles. The van der Waals surface area contributed by atoms with Crippen LogP contribution in [0.1, 0.15) is 24.2 Å². The number of anilines is 2. The summed E-state index contributed by atoms with van der Waals surface area (Å²) in [6.07, 6.45) is 0. The zero-order chi connectivity index (χ0) is 13.0. The fourth-order valence-electron chi connectivity index (χ4n) is 1.30. The number of carbonyl (C=O) groups excluding carboxylic acids is 2. The van der Waals surface area contributed by atoms with Gasteiger partial charge in [-0.1, -0.05) is 0 Å². The van der Waals surface area contributed by atoms with Gasteiger partial charge in [0.05, 0.1) is 5.56 Å². The fourth-order valence-corrected chi connectivity index (χ4v) is 1.30. The quantitative estimate of drug-likeness (QED) is 0.737. The summed E-state index contributed by atoms with van der Waals surface area (Å²) < 4.78 is 0. The minimum absolute atomic E-state index is 0.0139. The molecule has 0 unspecified atom stereocenters. The molecule has 0 aromatic heterocycles. The molecule has 1 aromatic carbocycles. The summed E-state index contributed by atoms with van der Waals surface area (Å²) in [5, 5.41) is 13.8. The molecule has 1 aromatic rings. The Bertz CT molecular complexity index is 448. The van der Waals surface area contributed by atoms with Crippen molar-refractivity contribution in [3.8, 4) is 0 Å². The number of amides is 2. The molecule has 0 aliphatic heterocycles. The van der Waals surface area contributed by atoms with Gasteiger partial charge in [0.1, 0.15) is 0 Å². The van der Waals surface area contributed by atoms with Gasteiger partial charge in [0, 0.05) is 25.2 Å². The van der Waals surface area contributed by atoms with Crippen molar-refractivity contribution in [1.82, 2.24) is 0 Å². The van der Waals surface area contributed by atoms with E-state index in [1.54, 1.807) is 0 Å². The van der Waals surface area contributed by atoms with Crippen LogP contribution < -0.4 is 10.6 Å². The van der Waals surface area contributed by atoms with E-state index in [0.717, 1.165) is 0 Å². The average molecular weight is 236 g/mol. The van der Waals surface area contributed by atoms with Crippen molar-refractivity contribution in [3.05, 3.63) is 23.8 Å². The van der Waals surface area contributed by atoms with Crippen LogP contribution in [-0.2, 0) is 9.59 Å². The highest BCUT2D eigenvalue weighted by molar-refractivity contribution is 5.97. The summed E-state index contributed by atoms with van der Waals surface area (Å²) in [5.74, 6) is -1.77. The third-order valence-electron chi connectivity index (χ3n) is 1.82. The molecule has 0 aliphatic rings. The second-order valence-corrected chi connectivity index (χ2v) is 3.47. The number of rotatable bonds is 3. The maximum atomic E-state index is 10.9. The monoisotopic (exact) mass is 236 g/mol. The second kappa shape index (κ2) is 5.11. The predicted octanol–water partition coefficient (Wildman–Crippen LogP) is 1.30. The molecule has 3 N–H and O–H groups in total. The number of hydrogen-bond acceptors (Lipinski definition) is 3. The first-order valence-electron chi connectivity index (χ1n) is 4.82. The van der Waals surface area contributed by atoms with Crippen molar-refractivity contribution in [3.63, 3.8) is 0 Å². The van der Waals surface area contributed by atoms with Crippen LogP contribution in [-0.4, -0.2) is 22.9 Å². The summed E-state index contributed by atoms with van der Waals surface area (Å²) in [6.45, 7) is 2.62. The molecule has 6 nitrogen and oxygen atoms in total. The lowest BCUT2D eigenvalue weighted by atomic mass is 10.1. The molecule has 0 radical (unpaired) electrons. The van der Waals surface area contributed by atoms with E-state index < -0.39 is 5.97 Å². The maximum absolute atomic E-state index is 10.9. The van der Waals surface area contributed by atoms with Crippen molar-refractivity contribution >= 4 is 29.2 Å². The minimum Gasteiger partial charge on any atom is -0.478 e. The Labute approximate surface area is 97.6 Å². The zero-order valence-corrected chi connectivity index (χ0v) is 9.40. The minimum atomic E-state index is -1.14. The zero-order valence-electron chi connectivity index (χ0n) is 9.40. The van der Waals surface area contributed by atoms with Crippen LogP contribution in [0.3, 0.4) is 0 Å². The van der Waals surface area contributed by atoms with E-state index in [1.807, 2.05) is 0 Å². The predicted molar refractivity (Wildman–Crippen MR) is 62.0 cm³/mol. The fraction of sp³-hybridized carbons (Fsp3) is 0.182. The number of carbonyl (C=O) groups is 3. The van der Waals surface area contributed by atoms with Crippen molar-refractivity contribution < 1.29 is 19.5 Å². The smallest absolute Gasteiger partial charge is 0.335 e. The molecule has 0 saturated carbocycles. The first kappa shape index (κ1) is 12.7. The number of carboxylic acid groups (broad SMARTS) is 1. The lowest BCUT2D eigenvalue weighted by molar-refractivity contribution is -0.115. The summed E-state index contributed by atoms with van der Waals surface area (Å²) in [6, 6.07) is 4.11. The number of aromatic carboxylic acids is 1. The summed E-state index contributed by atoms with van der Waals surface area (Å²) in [4.78, 5) is 32.6. The van der Waals surface area contributed by atoms with Gasteiger partial charge in [-0.05, 0) is 18.2 Å². The Balaban J connectivity index is 3.13. The topological polar surface area (TPSA) is 95.5 Å². The highest BCUT2D eigenvalue weighted by Gasteiger charge is 2.08. The van der Waals surface area contributed by atoms with Crippen LogP contribution in [0.15, 0.2) is 18.2 Å². The molecule has 2 amide bonds. The van der Waals surface area contributed by atoms with Crippen LogP contribution in [0.25, 0.3) is 0 Å². The van der Waals surface area contributed by atoms with Gasteiger partial charge in [-0.15, -0.1) is 0 Å². The van der Waals surface area contributed by atoms with Crippen molar-refractivity contribution in [2.45, 2.75) is 13.8 Å². The standard InChI is InChI=1S/C11H12N2O4/c1-6(14)12-9-3-8(11(16)17)4-10(5-9)13-7(2)15/h3-5H,1-2H3,(H,12,14)(H,13,15)(H,16,17). The highest BCUT2D eigenvalue weighted by atomic mass is 16.4. The molecular weight excluding hydrogens is 224 g/mol. The Morgan fingerprint density at radius 2 is 1.35 bits per heavy atom. The van der Waals surface area contributed by atoms with Crippen LogP contribution in [0.4, 0.5) is 11.4 Å². The number of nitrogens with one attached hydrogen (secondary N) is 2. The van der Waals surface area contributed by atoms with Gasteiger partial charge < -0.3 is 15.7 Å². The third-order valence-corrected chi connectivity index (χ3v) is 1.82. The molecule has 0 heterocycles. The van der Waals surface area contributed by atoms with Gasteiger partial charge in [0.25, 0.3) is 0 Å². The SMILES string of the molecule is CC(=O)Nc1cc(NC(C)=O)cc(C(=O)O)c1. The van der Waals surface area contributed by atoms with E-state index in [0.29, 0.717) is 11.4 Å². The van der Waals surface area contributed by atoms with Gasteiger partial charge in [0.15, 0.2) is 0 Å². The van der Waals surface area contributed by atoms with Gasteiger partial charge in [-0.25, -0.2) is 4.79 Å². The molecule has 0 atom stereocenters. The van der Waals surface area contributed by atoms with Crippen LogP contribution in [0.5, 0.6) is 0 Å². The van der Waals surface area contributed by atoms with Crippen molar-refractivity contribution in [2.75, 3.05) is 10.6 Å². The molecule has 90 valence electrons. The Hall–Kier alpha value is -2.37. The maximum Gasteiger partial charge on any atom is 0.335 e. The van der Waals surface area contributed by atoms with Gasteiger partial charge in [0.2, 0.25) is 11.8 Å². The Morgan fingerprint density at radius 3 is 1.65 bits per heavy atom. The van der Waals surface area contributed by atoms with Crippen LogP contribution >= 0.6 is 0 Å². The van der Waals surface area contributed by atoms with Crippen molar-refractivity contribution in [1.29, 1.82) is 0 Å². The number of benzene rings is 1. The summed E-state index contributed by atoms with van der Waals surface area (Å²) >= 11 is 0. The lowest BCUT2D eigenvalue weighted by Gasteiger charge is -2.08. The highest BCUT2D eigenvalue weighted by Crippen LogP contribution is 2.19.